The molecule has 2 rings (SSSR count). The van der Waals surface area contributed by atoms with Crippen LogP contribution >= 0.6 is 11.6 Å². The van der Waals surface area contributed by atoms with Crippen LogP contribution in [0.15, 0.2) is 24.8 Å². The van der Waals surface area contributed by atoms with Gasteiger partial charge in [0.15, 0.2) is 0 Å². The maximum Gasteiger partial charge on any atom is 0.293 e. The van der Waals surface area contributed by atoms with E-state index in [1.54, 1.807) is 6.07 Å². The Bertz CT molecular complexity index is 610. The Kier molecular flexibility index (Phi) is 4.81. The van der Waals surface area contributed by atoms with E-state index in [4.69, 9.17) is 16.9 Å². The molecule has 0 aliphatic carbocycles. The summed E-state index contributed by atoms with van der Waals surface area (Å²) in [6.07, 6.45) is 5.67. The molecule has 1 atom stereocenters. The van der Waals surface area contributed by atoms with Crippen LogP contribution in [0.5, 0.6) is 0 Å². The fourth-order valence-corrected chi connectivity index (χ4v) is 2.97. The molecular weight excluding hydrogens is 290 g/mol. The number of nitro benzene ring substituents is 1. The molecule has 1 aromatic carbocycles. The zero-order chi connectivity index (χ0) is 15.4. The molecule has 1 aliphatic rings. The van der Waals surface area contributed by atoms with Crippen LogP contribution in [0.25, 0.3) is 0 Å². The number of piperidine rings is 1. The number of nitro groups is 1. The lowest BCUT2D eigenvalue weighted by atomic mass is 9.98. The topological polar surface area (TPSA) is 70.2 Å². The minimum absolute atomic E-state index is 0.0630. The predicted octanol–water partition coefficient (Wildman–Crippen LogP) is 4.05. The van der Waals surface area contributed by atoms with Gasteiger partial charge in [-0.15, -0.1) is 6.58 Å². The Morgan fingerprint density at radius 2 is 2.33 bits per heavy atom. The maximum atomic E-state index is 11.3. The molecule has 0 aromatic heterocycles. The third-order valence-electron chi connectivity index (χ3n) is 3.76. The van der Waals surface area contributed by atoms with Gasteiger partial charge >= 0.3 is 0 Å². The van der Waals surface area contributed by atoms with E-state index < -0.39 is 4.92 Å². The number of benzene rings is 1. The molecule has 1 heterocycles. The lowest BCUT2D eigenvalue weighted by Crippen LogP contribution is -2.39. The molecule has 0 bridgehead atoms. The molecule has 0 saturated carbocycles. The smallest absolute Gasteiger partial charge is 0.293 e. The monoisotopic (exact) mass is 305 g/mol. The Morgan fingerprint density at radius 3 is 2.95 bits per heavy atom. The van der Waals surface area contributed by atoms with Gasteiger partial charge in [0.05, 0.1) is 15.5 Å². The van der Waals surface area contributed by atoms with Crippen molar-refractivity contribution in [1.29, 1.82) is 5.26 Å². The van der Waals surface area contributed by atoms with E-state index >= 15 is 0 Å². The number of nitrogens with zero attached hydrogens (tertiary/aromatic N) is 3. The fraction of sp³-hybridized carbons (Fsp3) is 0.400. The van der Waals surface area contributed by atoms with Crippen LogP contribution in [-0.2, 0) is 0 Å². The Labute approximate surface area is 128 Å². The first-order chi connectivity index (χ1) is 10.1. The van der Waals surface area contributed by atoms with Crippen LogP contribution in [0.1, 0.15) is 31.2 Å². The van der Waals surface area contributed by atoms with Crippen LogP contribution in [-0.4, -0.2) is 17.5 Å². The average molecular weight is 306 g/mol. The molecule has 110 valence electrons. The van der Waals surface area contributed by atoms with Gasteiger partial charge in [0, 0.05) is 18.7 Å². The summed E-state index contributed by atoms with van der Waals surface area (Å²) in [6, 6.07) is 4.88. The van der Waals surface area contributed by atoms with Crippen LogP contribution in [0, 0.1) is 21.4 Å². The van der Waals surface area contributed by atoms with E-state index in [0.717, 1.165) is 32.2 Å². The summed E-state index contributed by atoms with van der Waals surface area (Å²) < 4.78 is 0. The van der Waals surface area contributed by atoms with Gasteiger partial charge < -0.3 is 4.90 Å². The van der Waals surface area contributed by atoms with E-state index in [0.29, 0.717) is 5.69 Å². The third-order valence-corrected chi connectivity index (χ3v) is 4.07. The molecule has 6 heteroatoms. The zero-order valence-electron chi connectivity index (χ0n) is 11.6. The second kappa shape index (κ2) is 6.59. The van der Waals surface area contributed by atoms with Crippen LogP contribution < -0.4 is 4.90 Å². The SMILES string of the molecule is C=CCC1CCCCN1c1cc(Cl)c(C#N)cc1[N+](=O)[O-]. The normalized spacial score (nSPS) is 18.1. The molecule has 0 N–H and O–H groups in total. The highest BCUT2D eigenvalue weighted by atomic mass is 35.5. The summed E-state index contributed by atoms with van der Waals surface area (Å²) in [4.78, 5) is 12.9. The lowest BCUT2D eigenvalue weighted by Gasteiger charge is -2.36. The Morgan fingerprint density at radius 1 is 1.57 bits per heavy atom. The third kappa shape index (κ3) is 3.17. The van der Waals surface area contributed by atoms with Crippen molar-refractivity contribution in [3.63, 3.8) is 0 Å². The number of hydrogen-bond acceptors (Lipinski definition) is 4. The van der Waals surface area contributed by atoms with E-state index in [9.17, 15) is 10.1 Å². The first-order valence-electron chi connectivity index (χ1n) is 6.84. The van der Waals surface area contributed by atoms with Crippen LogP contribution in [0.3, 0.4) is 0 Å². The molecule has 21 heavy (non-hydrogen) atoms. The first-order valence-corrected chi connectivity index (χ1v) is 7.22. The van der Waals surface area contributed by atoms with Crippen molar-refractivity contribution < 1.29 is 4.92 Å². The minimum atomic E-state index is -0.452. The van der Waals surface area contributed by atoms with Gasteiger partial charge in [-0.25, -0.2) is 0 Å². The molecular formula is C15H16ClN3O2. The van der Waals surface area contributed by atoms with Crippen LogP contribution in [0.4, 0.5) is 11.4 Å². The van der Waals surface area contributed by atoms with Crippen molar-refractivity contribution in [2.75, 3.05) is 11.4 Å². The summed E-state index contributed by atoms with van der Waals surface area (Å²) in [5, 5.41) is 20.5. The van der Waals surface area contributed by atoms with Crippen molar-refractivity contribution in [3.05, 3.63) is 45.5 Å². The van der Waals surface area contributed by atoms with Gasteiger partial charge in [-0.3, -0.25) is 10.1 Å². The van der Waals surface area contributed by atoms with E-state index in [1.165, 1.54) is 6.07 Å². The highest BCUT2D eigenvalue weighted by Gasteiger charge is 2.28. The summed E-state index contributed by atoms with van der Waals surface area (Å²) >= 11 is 6.06. The molecule has 1 aliphatic heterocycles. The average Bonchev–Trinajstić information content (AvgIpc) is 2.47. The summed E-state index contributed by atoms with van der Waals surface area (Å²) in [5.41, 5.74) is 0.562. The van der Waals surface area contributed by atoms with Gasteiger partial charge in [0.25, 0.3) is 5.69 Å². The second-order valence-corrected chi connectivity index (χ2v) is 5.46. The molecule has 1 aromatic rings. The number of halogens is 1. The van der Waals surface area contributed by atoms with Crippen molar-refractivity contribution in [1.82, 2.24) is 0 Å². The molecule has 1 saturated heterocycles. The van der Waals surface area contributed by atoms with Crippen molar-refractivity contribution >= 4 is 23.0 Å². The number of hydrogen-bond donors (Lipinski definition) is 0. The molecule has 0 amide bonds. The number of rotatable bonds is 4. The minimum Gasteiger partial charge on any atom is -0.363 e. The Balaban J connectivity index is 2.50. The second-order valence-electron chi connectivity index (χ2n) is 5.06. The van der Waals surface area contributed by atoms with Crippen molar-refractivity contribution in [2.24, 2.45) is 0 Å². The highest BCUT2D eigenvalue weighted by Crippen LogP contribution is 2.37. The molecule has 0 spiro atoms. The van der Waals surface area contributed by atoms with Gasteiger partial charge in [-0.2, -0.15) is 5.26 Å². The van der Waals surface area contributed by atoms with E-state index in [-0.39, 0.29) is 22.3 Å². The first kappa shape index (κ1) is 15.3. The quantitative estimate of drug-likeness (QED) is 0.478. The van der Waals surface area contributed by atoms with Crippen molar-refractivity contribution in [3.8, 4) is 6.07 Å². The molecule has 1 fully saturated rings. The number of nitriles is 1. The van der Waals surface area contributed by atoms with Gasteiger partial charge in [-0.05, 0) is 31.7 Å². The Hall–Kier alpha value is -2.06. The lowest BCUT2D eigenvalue weighted by molar-refractivity contribution is -0.384. The van der Waals surface area contributed by atoms with Gasteiger partial charge in [-0.1, -0.05) is 17.7 Å². The highest BCUT2D eigenvalue weighted by molar-refractivity contribution is 6.32. The molecule has 1 unspecified atom stereocenters. The summed E-state index contributed by atoms with van der Waals surface area (Å²) in [5.74, 6) is 0. The van der Waals surface area contributed by atoms with Gasteiger partial charge in [0.2, 0.25) is 0 Å². The van der Waals surface area contributed by atoms with Crippen molar-refractivity contribution in [2.45, 2.75) is 31.7 Å². The standard InChI is InChI=1S/C15H16ClN3O2/c1-2-5-12-6-3-4-7-18(12)14-9-13(16)11(10-17)8-15(14)19(20)21/h2,8-9,12H,1,3-7H2. The summed E-state index contributed by atoms with van der Waals surface area (Å²) in [6.45, 7) is 4.51. The predicted molar refractivity (Wildman–Crippen MR) is 82.6 cm³/mol. The zero-order valence-corrected chi connectivity index (χ0v) is 12.3. The fourth-order valence-electron chi connectivity index (χ4n) is 2.77. The maximum absolute atomic E-state index is 11.3. The van der Waals surface area contributed by atoms with E-state index in [2.05, 4.69) is 6.58 Å². The molecule has 0 radical (unpaired) electrons. The summed E-state index contributed by atoms with van der Waals surface area (Å²) in [7, 11) is 0. The van der Waals surface area contributed by atoms with E-state index in [1.807, 2.05) is 17.0 Å². The van der Waals surface area contributed by atoms with Crippen LogP contribution in [0.2, 0.25) is 5.02 Å². The largest absolute Gasteiger partial charge is 0.363 e. The molecule has 5 nitrogen and oxygen atoms in total. The van der Waals surface area contributed by atoms with Gasteiger partial charge in [0.1, 0.15) is 11.8 Å². The number of anilines is 1.